The summed E-state index contributed by atoms with van der Waals surface area (Å²) in [4.78, 5) is 5.94. The SMILES string of the molecule is Cc1[nH]c2ccccc2c1N=[N+]=[N-]. The van der Waals surface area contributed by atoms with Crippen molar-refractivity contribution in [3.05, 3.63) is 40.4 Å². The second-order valence-electron chi connectivity index (χ2n) is 2.83. The third-order valence-corrected chi connectivity index (χ3v) is 2.00. The summed E-state index contributed by atoms with van der Waals surface area (Å²) in [5, 5.41) is 4.61. The van der Waals surface area contributed by atoms with E-state index in [0.29, 0.717) is 5.69 Å². The predicted molar refractivity (Wildman–Crippen MR) is 51.8 cm³/mol. The molecule has 1 N–H and O–H groups in total. The number of fused-ring (bicyclic) bond motifs is 1. The molecule has 0 bridgehead atoms. The molecule has 2 aromatic rings. The smallest absolute Gasteiger partial charge is 0.0658 e. The van der Waals surface area contributed by atoms with Crippen molar-refractivity contribution < 1.29 is 0 Å². The Morgan fingerprint density at radius 1 is 1.38 bits per heavy atom. The largest absolute Gasteiger partial charge is 0.358 e. The van der Waals surface area contributed by atoms with Crippen LogP contribution in [0.4, 0.5) is 5.69 Å². The standard InChI is InChI=1S/C9H8N4/c1-6-9(12-13-10)7-4-2-3-5-8(7)11-6/h2-5,11H,1H3. The summed E-state index contributed by atoms with van der Waals surface area (Å²) < 4.78 is 0. The Bertz CT molecular complexity index is 491. The predicted octanol–water partition coefficient (Wildman–Crippen LogP) is 3.42. The Hall–Kier alpha value is -1.93. The topological polar surface area (TPSA) is 64.5 Å². The van der Waals surface area contributed by atoms with Crippen molar-refractivity contribution >= 4 is 16.6 Å². The number of nitrogens with one attached hydrogen (secondary N) is 1. The number of hydrogen-bond donors (Lipinski definition) is 1. The fourth-order valence-corrected chi connectivity index (χ4v) is 1.44. The Morgan fingerprint density at radius 3 is 2.92 bits per heavy atom. The zero-order valence-electron chi connectivity index (χ0n) is 7.15. The van der Waals surface area contributed by atoms with Gasteiger partial charge in [-0.15, -0.1) is 0 Å². The molecule has 13 heavy (non-hydrogen) atoms. The van der Waals surface area contributed by atoms with Crippen LogP contribution in [0.3, 0.4) is 0 Å². The number of aromatic amines is 1. The van der Waals surface area contributed by atoms with E-state index in [0.717, 1.165) is 16.6 Å². The second-order valence-corrected chi connectivity index (χ2v) is 2.83. The number of para-hydroxylation sites is 1. The van der Waals surface area contributed by atoms with Gasteiger partial charge in [0.25, 0.3) is 0 Å². The van der Waals surface area contributed by atoms with Crippen LogP contribution in [0.15, 0.2) is 29.4 Å². The molecule has 4 heteroatoms. The van der Waals surface area contributed by atoms with Crippen molar-refractivity contribution in [3.8, 4) is 0 Å². The monoisotopic (exact) mass is 172 g/mol. The molecule has 0 aliphatic rings. The molecular weight excluding hydrogens is 164 g/mol. The van der Waals surface area contributed by atoms with Crippen LogP contribution in [0.25, 0.3) is 21.3 Å². The first kappa shape index (κ1) is 7.71. The number of aromatic nitrogens is 1. The van der Waals surface area contributed by atoms with Gasteiger partial charge in [0, 0.05) is 21.5 Å². The molecule has 0 amide bonds. The maximum atomic E-state index is 8.37. The molecule has 0 atom stereocenters. The number of benzene rings is 1. The van der Waals surface area contributed by atoms with E-state index in [-0.39, 0.29) is 0 Å². The molecule has 0 unspecified atom stereocenters. The van der Waals surface area contributed by atoms with Crippen LogP contribution >= 0.6 is 0 Å². The van der Waals surface area contributed by atoms with E-state index in [1.165, 1.54) is 0 Å². The molecule has 0 aliphatic carbocycles. The van der Waals surface area contributed by atoms with E-state index in [9.17, 15) is 0 Å². The summed E-state index contributed by atoms with van der Waals surface area (Å²) in [5.41, 5.74) is 11.0. The highest BCUT2D eigenvalue weighted by Crippen LogP contribution is 2.29. The first-order chi connectivity index (χ1) is 6.33. The zero-order valence-corrected chi connectivity index (χ0v) is 7.15. The normalized spacial score (nSPS) is 9.92. The van der Waals surface area contributed by atoms with Gasteiger partial charge in [0.15, 0.2) is 0 Å². The Kier molecular flexibility index (Phi) is 1.69. The zero-order chi connectivity index (χ0) is 9.26. The number of nitrogens with zero attached hydrogens (tertiary/aromatic N) is 3. The average molecular weight is 172 g/mol. The molecule has 2 rings (SSSR count). The minimum absolute atomic E-state index is 0.693. The van der Waals surface area contributed by atoms with Crippen molar-refractivity contribution in [1.29, 1.82) is 0 Å². The maximum absolute atomic E-state index is 8.37. The quantitative estimate of drug-likeness (QED) is 0.389. The lowest BCUT2D eigenvalue weighted by Gasteiger charge is -1.88. The number of H-pyrrole nitrogens is 1. The van der Waals surface area contributed by atoms with Gasteiger partial charge in [0.05, 0.1) is 5.69 Å². The molecule has 0 spiro atoms. The van der Waals surface area contributed by atoms with E-state index in [4.69, 9.17) is 5.53 Å². The van der Waals surface area contributed by atoms with Crippen molar-refractivity contribution in [2.45, 2.75) is 6.92 Å². The second kappa shape index (κ2) is 2.84. The van der Waals surface area contributed by atoms with Gasteiger partial charge in [-0.25, -0.2) is 0 Å². The van der Waals surface area contributed by atoms with Gasteiger partial charge < -0.3 is 4.98 Å². The molecule has 64 valence electrons. The van der Waals surface area contributed by atoms with Crippen molar-refractivity contribution in [2.75, 3.05) is 0 Å². The Labute approximate surface area is 74.8 Å². The Balaban J connectivity index is 2.85. The minimum atomic E-state index is 0.693. The lowest BCUT2D eigenvalue weighted by atomic mass is 10.2. The summed E-state index contributed by atoms with van der Waals surface area (Å²) in [7, 11) is 0. The molecule has 0 fully saturated rings. The molecule has 0 radical (unpaired) electrons. The van der Waals surface area contributed by atoms with E-state index in [1.54, 1.807) is 0 Å². The first-order valence-electron chi connectivity index (χ1n) is 3.95. The van der Waals surface area contributed by atoms with E-state index in [2.05, 4.69) is 15.0 Å². The Morgan fingerprint density at radius 2 is 2.15 bits per heavy atom. The third-order valence-electron chi connectivity index (χ3n) is 2.00. The summed E-state index contributed by atoms with van der Waals surface area (Å²) in [6.45, 7) is 1.89. The number of aryl methyl sites for hydroxylation is 1. The molecule has 1 heterocycles. The first-order valence-corrected chi connectivity index (χ1v) is 3.95. The van der Waals surface area contributed by atoms with Crippen LogP contribution in [-0.2, 0) is 0 Å². The lowest BCUT2D eigenvalue weighted by molar-refractivity contribution is 1.28. The highest BCUT2D eigenvalue weighted by molar-refractivity contribution is 5.92. The van der Waals surface area contributed by atoms with Gasteiger partial charge in [-0.05, 0) is 18.5 Å². The van der Waals surface area contributed by atoms with Crippen molar-refractivity contribution in [3.63, 3.8) is 0 Å². The minimum Gasteiger partial charge on any atom is -0.358 e. The van der Waals surface area contributed by atoms with Crippen molar-refractivity contribution in [1.82, 2.24) is 4.98 Å². The molecule has 1 aromatic heterocycles. The highest BCUT2D eigenvalue weighted by atomic mass is 15.1. The van der Waals surface area contributed by atoms with Gasteiger partial charge in [0.1, 0.15) is 0 Å². The van der Waals surface area contributed by atoms with E-state index >= 15 is 0 Å². The summed E-state index contributed by atoms with van der Waals surface area (Å²) in [5.74, 6) is 0. The van der Waals surface area contributed by atoms with Crippen LogP contribution < -0.4 is 0 Å². The van der Waals surface area contributed by atoms with Crippen LogP contribution in [0.1, 0.15) is 5.69 Å². The van der Waals surface area contributed by atoms with E-state index < -0.39 is 0 Å². The maximum Gasteiger partial charge on any atom is 0.0658 e. The molecular formula is C9H8N4. The van der Waals surface area contributed by atoms with Crippen LogP contribution in [0.2, 0.25) is 0 Å². The van der Waals surface area contributed by atoms with Gasteiger partial charge in [-0.2, -0.15) is 0 Å². The van der Waals surface area contributed by atoms with Crippen LogP contribution in [-0.4, -0.2) is 4.98 Å². The molecule has 0 saturated carbocycles. The highest BCUT2D eigenvalue weighted by Gasteiger charge is 2.04. The van der Waals surface area contributed by atoms with Gasteiger partial charge in [-0.1, -0.05) is 23.3 Å². The van der Waals surface area contributed by atoms with Crippen LogP contribution in [0, 0.1) is 6.92 Å². The van der Waals surface area contributed by atoms with Crippen molar-refractivity contribution in [2.24, 2.45) is 5.11 Å². The molecule has 0 aliphatic heterocycles. The van der Waals surface area contributed by atoms with Crippen LogP contribution in [0.5, 0.6) is 0 Å². The van der Waals surface area contributed by atoms with E-state index in [1.807, 2.05) is 31.2 Å². The van der Waals surface area contributed by atoms with Gasteiger partial charge in [0.2, 0.25) is 0 Å². The summed E-state index contributed by atoms with van der Waals surface area (Å²) in [6.07, 6.45) is 0. The number of rotatable bonds is 1. The fourth-order valence-electron chi connectivity index (χ4n) is 1.44. The fraction of sp³-hybridized carbons (Fsp3) is 0.111. The molecule has 0 saturated heterocycles. The third kappa shape index (κ3) is 1.13. The number of hydrogen-bond acceptors (Lipinski definition) is 1. The van der Waals surface area contributed by atoms with Gasteiger partial charge in [-0.3, -0.25) is 0 Å². The number of azide groups is 1. The van der Waals surface area contributed by atoms with Gasteiger partial charge >= 0.3 is 0 Å². The molecule has 1 aromatic carbocycles. The molecule has 4 nitrogen and oxygen atoms in total. The average Bonchev–Trinajstić information content (AvgIpc) is 2.44. The lowest BCUT2D eigenvalue weighted by Crippen LogP contribution is -1.66. The summed E-state index contributed by atoms with van der Waals surface area (Å²) in [6, 6.07) is 7.76. The summed E-state index contributed by atoms with van der Waals surface area (Å²) >= 11 is 0.